The topological polar surface area (TPSA) is 63.4 Å². The first-order chi connectivity index (χ1) is 7.61. The molecule has 0 saturated carbocycles. The van der Waals surface area contributed by atoms with Crippen LogP contribution in [0.4, 0.5) is 5.69 Å². The fraction of sp³-hybridized carbons (Fsp3) is 0.273. The number of hydrogen-bond donors (Lipinski definition) is 1. The Labute approximate surface area is 102 Å². The summed E-state index contributed by atoms with van der Waals surface area (Å²) < 4.78 is 0.814. The maximum absolute atomic E-state index is 11.7. The molecule has 0 bridgehead atoms. The number of hydrogen-bond acceptors (Lipinski definition) is 3. The van der Waals surface area contributed by atoms with Crippen molar-refractivity contribution in [3.63, 3.8) is 0 Å². The van der Waals surface area contributed by atoms with Gasteiger partial charge in [0, 0.05) is 29.0 Å². The molecule has 1 aliphatic rings. The van der Waals surface area contributed by atoms with Crippen LogP contribution in [0.2, 0.25) is 0 Å². The molecule has 1 aliphatic heterocycles. The van der Waals surface area contributed by atoms with Gasteiger partial charge in [-0.05, 0) is 18.2 Å². The molecule has 1 saturated heterocycles. The fourth-order valence-corrected chi connectivity index (χ4v) is 2.21. The molecule has 1 aromatic carbocycles. The van der Waals surface area contributed by atoms with E-state index in [2.05, 4.69) is 15.9 Å². The molecule has 2 N–H and O–H groups in total. The molecular formula is C11H11BrN2O2. The Kier molecular flexibility index (Phi) is 3.07. The molecule has 1 atom stereocenters. The number of benzene rings is 1. The van der Waals surface area contributed by atoms with Gasteiger partial charge in [-0.3, -0.25) is 9.59 Å². The van der Waals surface area contributed by atoms with E-state index in [1.807, 2.05) is 0 Å². The van der Waals surface area contributed by atoms with Crippen molar-refractivity contribution in [2.24, 2.45) is 5.73 Å². The normalized spacial score (nSPS) is 20.2. The third-order valence-electron chi connectivity index (χ3n) is 2.56. The highest BCUT2D eigenvalue weighted by molar-refractivity contribution is 9.10. The van der Waals surface area contributed by atoms with Crippen LogP contribution < -0.4 is 10.6 Å². The minimum Gasteiger partial charge on any atom is -0.326 e. The third-order valence-corrected chi connectivity index (χ3v) is 3.06. The highest BCUT2D eigenvalue weighted by Crippen LogP contribution is 2.26. The number of carbonyl (C=O) groups is 2. The molecule has 0 aromatic heterocycles. The van der Waals surface area contributed by atoms with Crippen LogP contribution in [0.15, 0.2) is 22.7 Å². The van der Waals surface area contributed by atoms with Gasteiger partial charge in [0.2, 0.25) is 5.91 Å². The van der Waals surface area contributed by atoms with Crippen molar-refractivity contribution >= 4 is 33.8 Å². The molecule has 2 rings (SSSR count). The van der Waals surface area contributed by atoms with Gasteiger partial charge in [-0.25, -0.2) is 0 Å². The lowest BCUT2D eigenvalue weighted by atomic mass is 10.2. The summed E-state index contributed by atoms with van der Waals surface area (Å²) in [4.78, 5) is 24.2. The van der Waals surface area contributed by atoms with Crippen LogP contribution in [0.1, 0.15) is 16.8 Å². The molecule has 4 nitrogen and oxygen atoms in total. The average molecular weight is 283 g/mol. The second-order valence-electron chi connectivity index (χ2n) is 3.79. The Balaban J connectivity index is 2.40. The van der Waals surface area contributed by atoms with E-state index in [0.717, 1.165) is 10.8 Å². The summed E-state index contributed by atoms with van der Waals surface area (Å²) in [6.45, 7) is 0.474. The Morgan fingerprint density at radius 1 is 1.50 bits per heavy atom. The number of carbonyl (C=O) groups excluding carboxylic acids is 2. The Morgan fingerprint density at radius 3 is 2.81 bits per heavy atom. The summed E-state index contributed by atoms with van der Waals surface area (Å²) in [5.41, 5.74) is 6.85. The summed E-state index contributed by atoms with van der Waals surface area (Å²) in [6, 6.07) is 5.11. The zero-order valence-electron chi connectivity index (χ0n) is 8.52. The first-order valence-corrected chi connectivity index (χ1v) is 5.72. The minimum atomic E-state index is -0.143. The molecule has 1 heterocycles. The van der Waals surface area contributed by atoms with E-state index in [-0.39, 0.29) is 11.9 Å². The van der Waals surface area contributed by atoms with Gasteiger partial charge >= 0.3 is 0 Å². The second kappa shape index (κ2) is 4.35. The second-order valence-corrected chi connectivity index (χ2v) is 4.71. The quantitative estimate of drug-likeness (QED) is 0.833. The standard InChI is InChI=1S/C11H11BrN2O2/c12-8-1-2-10(7(3-8)6-15)14-5-9(13)4-11(14)16/h1-3,6,9H,4-5,13H2. The summed E-state index contributed by atoms with van der Waals surface area (Å²) in [7, 11) is 0. The van der Waals surface area contributed by atoms with Gasteiger partial charge < -0.3 is 10.6 Å². The highest BCUT2D eigenvalue weighted by Gasteiger charge is 2.29. The van der Waals surface area contributed by atoms with Crippen molar-refractivity contribution in [3.05, 3.63) is 28.2 Å². The van der Waals surface area contributed by atoms with Crippen LogP contribution in [0.3, 0.4) is 0 Å². The van der Waals surface area contributed by atoms with E-state index in [9.17, 15) is 9.59 Å². The average Bonchev–Trinajstić information content (AvgIpc) is 2.57. The molecular weight excluding hydrogens is 272 g/mol. The number of nitrogens with zero attached hydrogens (tertiary/aromatic N) is 1. The smallest absolute Gasteiger partial charge is 0.228 e. The van der Waals surface area contributed by atoms with E-state index in [0.29, 0.717) is 24.2 Å². The maximum atomic E-state index is 11.7. The lowest BCUT2D eigenvalue weighted by molar-refractivity contribution is -0.117. The van der Waals surface area contributed by atoms with E-state index in [4.69, 9.17) is 5.73 Å². The number of anilines is 1. The van der Waals surface area contributed by atoms with Gasteiger partial charge in [-0.15, -0.1) is 0 Å². The maximum Gasteiger partial charge on any atom is 0.228 e. The predicted octanol–water partition coefficient (Wildman–Crippen LogP) is 1.33. The number of nitrogens with two attached hydrogens (primary N) is 1. The third kappa shape index (κ3) is 2.01. The predicted molar refractivity (Wildman–Crippen MR) is 64.5 cm³/mol. The lowest BCUT2D eigenvalue weighted by Gasteiger charge is -2.18. The highest BCUT2D eigenvalue weighted by atomic mass is 79.9. The molecule has 1 amide bonds. The van der Waals surface area contributed by atoms with E-state index >= 15 is 0 Å². The van der Waals surface area contributed by atoms with Crippen LogP contribution >= 0.6 is 15.9 Å². The van der Waals surface area contributed by atoms with Crippen molar-refractivity contribution in [1.82, 2.24) is 0 Å². The zero-order chi connectivity index (χ0) is 11.7. The summed E-state index contributed by atoms with van der Waals surface area (Å²) in [5, 5.41) is 0. The van der Waals surface area contributed by atoms with E-state index in [1.165, 1.54) is 0 Å². The Hall–Kier alpha value is -1.20. The van der Waals surface area contributed by atoms with Crippen molar-refractivity contribution in [1.29, 1.82) is 0 Å². The zero-order valence-corrected chi connectivity index (χ0v) is 10.1. The molecule has 0 radical (unpaired) electrons. The van der Waals surface area contributed by atoms with Crippen molar-refractivity contribution in [2.45, 2.75) is 12.5 Å². The van der Waals surface area contributed by atoms with Crippen molar-refractivity contribution in [2.75, 3.05) is 11.4 Å². The first-order valence-electron chi connectivity index (χ1n) is 4.92. The van der Waals surface area contributed by atoms with Crippen LogP contribution in [-0.4, -0.2) is 24.8 Å². The Morgan fingerprint density at radius 2 is 2.25 bits per heavy atom. The monoisotopic (exact) mass is 282 g/mol. The number of halogens is 1. The van der Waals surface area contributed by atoms with E-state index in [1.54, 1.807) is 23.1 Å². The lowest BCUT2D eigenvalue weighted by Crippen LogP contribution is -2.28. The summed E-state index contributed by atoms with van der Waals surface area (Å²) in [6.07, 6.45) is 1.09. The molecule has 0 spiro atoms. The fourth-order valence-electron chi connectivity index (χ4n) is 1.83. The van der Waals surface area contributed by atoms with Gasteiger partial charge in [-0.1, -0.05) is 15.9 Å². The number of rotatable bonds is 2. The van der Waals surface area contributed by atoms with Gasteiger partial charge in [-0.2, -0.15) is 0 Å². The Bertz CT molecular complexity index is 448. The first kappa shape index (κ1) is 11.3. The van der Waals surface area contributed by atoms with Gasteiger partial charge in [0.15, 0.2) is 6.29 Å². The van der Waals surface area contributed by atoms with Crippen molar-refractivity contribution < 1.29 is 9.59 Å². The number of aldehydes is 1. The summed E-state index contributed by atoms with van der Waals surface area (Å²) in [5.74, 6) is -0.0297. The van der Waals surface area contributed by atoms with Crippen LogP contribution in [0.5, 0.6) is 0 Å². The van der Waals surface area contributed by atoms with E-state index < -0.39 is 0 Å². The van der Waals surface area contributed by atoms with Crippen LogP contribution in [0.25, 0.3) is 0 Å². The molecule has 1 unspecified atom stereocenters. The molecule has 0 aliphatic carbocycles. The number of amides is 1. The van der Waals surface area contributed by atoms with Gasteiger partial charge in [0.05, 0.1) is 5.69 Å². The van der Waals surface area contributed by atoms with Crippen LogP contribution in [0, 0.1) is 0 Å². The van der Waals surface area contributed by atoms with Gasteiger partial charge in [0.1, 0.15) is 0 Å². The molecule has 16 heavy (non-hydrogen) atoms. The molecule has 1 aromatic rings. The minimum absolute atomic E-state index is 0.0297. The SMILES string of the molecule is NC1CC(=O)N(c2ccc(Br)cc2C=O)C1. The largest absolute Gasteiger partial charge is 0.326 e. The van der Waals surface area contributed by atoms with Crippen LogP contribution in [-0.2, 0) is 4.79 Å². The van der Waals surface area contributed by atoms with Gasteiger partial charge in [0.25, 0.3) is 0 Å². The molecule has 1 fully saturated rings. The summed E-state index contributed by atoms with van der Waals surface area (Å²) >= 11 is 3.29. The van der Waals surface area contributed by atoms with Crippen molar-refractivity contribution in [3.8, 4) is 0 Å². The molecule has 84 valence electrons. The molecule has 5 heteroatoms.